The van der Waals surface area contributed by atoms with Gasteiger partial charge in [-0.25, -0.2) is 5.01 Å². The predicted octanol–water partition coefficient (Wildman–Crippen LogP) is -2.03. The normalized spacial score (nSPS) is 18.9. The van der Waals surface area contributed by atoms with Crippen molar-refractivity contribution in [1.29, 1.82) is 0 Å². The summed E-state index contributed by atoms with van der Waals surface area (Å²) < 4.78 is 0. The number of amides is 1. The monoisotopic (exact) mass is 308 g/mol. The Morgan fingerprint density at radius 1 is 1.19 bits per heavy atom. The first-order valence-electron chi connectivity index (χ1n) is 7.21. The molecule has 6 N–H and O–H groups in total. The fourth-order valence-corrected chi connectivity index (χ4v) is 2.00. The first-order valence-corrected chi connectivity index (χ1v) is 7.21. The maximum absolute atomic E-state index is 12.2. The Bertz CT molecular complexity index is 313. The van der Waals surface area contributed by atoms with Crippen LogP contribution < -0.4 is 5.43 Å². The zero-order valence-electron chi connectivity index (χ0n) is 12.9. The van der Waals surface area contributed by atoms with E-state index in [1.807, 2.05) is 13.8 Å². The highest BCUT2D eigenvalue weighted by Crippen LogP contribution is 2.22. The Labute approximate surface area is 125 Å². The van der Waals surface area contributed by atoms with Crippen LogP contribution >= 0.6 is 0 Å². The molecule has 0 spiro atoms. The van der Waals surface area contributed by atoms with Crippen molar-refractivity contribution in [3.05, 3.63) is 0 Å². The van der Waals surface area contributed by atoms with E-state index in [9.17, 15) is 25.2 Å². The zero-order valence-corrected chi connectivity index (χ0v) is 12.9. The summed E-state index contributed by atoms with van der Waals surface area (Å²) in [5, 5.41) is 49.9. The summed E-state index contributed by atoms with van der Waals surface area (Å²) in [7, 11) is 0. The second-order valence-corrected chi connectivity index (χ2v) is 4.97. The van der Waals surface area contributed by atoms with E-state index in [0.717, 1.165) is 0 Å². The number of hydrogen-bond donors (Lipinski definition) is 6. The van der Waals surface area contributed by atoms with Crippen LogP contribution in [0.15, 0.2) is 0 Å². The molecule has 8 nitrogen and oxygen atoms in total. The summed E-state index contributed by atoms with van der Waals surface area (Å²) >= 11 is 0. The van der Waals surface area contributed by atoms with E-state index in [-0.39, 0.29) is 6.42 Å². The molecule has 0 radical (unpaired) electrons. The summed E-state index contributed by atoms with van der Waals surface area (Å²) in [5.74, 6) is -0.857. The number of carbonyl (C=O) groups excluding carboxylic acids is 1. The van der Waals surface area contributed by atoms with Gasteiger partial charge in [0, 0.05) is 13.1 Å². The number of hydrogen-bond acceptors (Lipinski definition) is 7. The fraction of sp³-hybridized carbons (Fsp3) is 0.923. The van der Waals surface area contributed by atoms with Crippen molar-refractivity contribution in [2.75, 3.05) is 19.7 Å². The fourth-order valence-electron chi connectivity index (χ4n) is 2.00. The molecule has 0 aromatic rings. The van der Waals surface area contributed by atoms with Crippen molar-refractivity contribution in [3.63, 3.8) is 0 Å². The number of aliphatic hydroxyl groups is 5. The van der Waals surface area contributed by atoms with Gasteiger partial charge in [-0.2, -0.15) is 0 Å². The summed E-state index contributed by atoms with van der Waals surface area (Å²) in [4.78, 5) is 12.2. The molecular weight excluding hydrogens is 280 g/mol. The van der Waals surface area contributed by atoms with Gasteiger partial charge < -0.3 is 25.5 Å². The van der Waals surface area contributed by atoms with Gasteiger partial charge in [0.1, 0.15) is 18.3 Å². The number of rotatable bonds is 10. The number of nitrogens with one attached hydrogen (secondary N) is 1. The molecule has 0 fully saturated rings. The molecular formula is C13H28N2O6. The minimum Gasteiger partial charge on any atom is -0.394 e. The molecule has 0 rings (SSSR count). The van der Waals surface area contributed by atoms with Gasteiger partial charge >= 0.3 is 0 Å². The summed E-state index contributed by atoms with van der Waals surface area (Å²) in [6.45, 7) is 5.53. The van der Waals surface area contributed by atoms with Crippen LogP contribution in [-0.2, 0) is 4.79 Å². The molecule has 8 heteroatoms. The molecule has 4 atom stereocenters. The van der Waals surface area contributed by atoms with E-state index < -0.39 is 36.4 Å². The lowest BCUT2D eigenvalue weighted by Crippen LogP contribution is -2.63. The highest BCUT2D eigenvalue weighted by atomic mass is 16.4. The van der Waals surface area contributed by atoms with Crippen LogP contribution in [0.4, 0.5) is 0 Å². The van der Waals surface area contributed by atoms with E-state index in [0.29, 0.717) is 19.5 Å². The molecule has 0 heterocycles. The van der Waals surface area contributed by atoms with Gasteiger partial charge in [-0.05, 0) is 6.42 Å². The SMILES string of the molecule is CCC[C@](O)(C(=O)NN(CC)CC)[C@@H](O)[C@H](O)[C@H](O)CO. The molecule has 0 saturated heterocycles. The van der Waals surface area contributed by atoms with Crippen LogP contribution in [0.3, 0.4) is 0 Å². The van der Waals surface area contributed by atoms with Crippen LogP contribution in [0.25, 0.3) is 0 Å². The summed E-state index contributed by atoms with van der Waals surface area (Å²) in [6, 6.07) is 0. The zero-order chi connectivity index (χ0) is 16.6. The molecule has 0 aliphatic heterocycles. The van der Waals surface area contributed by atoms with Gasteiger partial charge in [0.05, 0.1) is 6.61 Å². The third kappa shape index (κ3) is 5.17. The van der Waals surface area contributed by atoms with Gasteiger partial charge in [0.2, 0.25) is 0 Å². The maximum atomic E-state index is 12.2. The highest BCUT2D eigenvalue weighted by Gasteiger charge is 2.47. The quantitative estimate of drug-likeness (QED) is 0.256. The van der Waals surface area contributed by atoms with Crippen molar-refractivity contribution in [3.8, 4) is 0 Å². The first kappa shape index (κ1) is 20.2. The lowest BCUT2D eigenvalue weighted by atomic mass is 9.85. The number of aliphatic hydroxyl groups excluding tert-OH is 4. The van der Waals surface area contributed by atoms with E-state index in [2.05, 4.69) is 5.43 Å². The number of nitrogens with zero attached hydrogens (tertiary/aromatic N) is 1. The van der Waals surface area contributed by atoms with Crippen LogP contribution in [0.2, 0.25) is 0 Å². The third-order valence-electron chi connectivity index (χ3n) is 3.44. The Kier molecular flexibility index (Phi) is 8.95. The highest BCUT2D eigenvalue weighted by molar-refractivity contribution is 5.85. The van der Waals surface area contributed by atoms with Gasteiger partial charge in [0.25, 0.3) is 5.91 Å². The van der Waals surface area contributed by atoms with Crippen LogP contribution in [0, 0.1) is 0 Å². The van der Waals surface area contributed by atoms with E-state index in [1.54, 1.807) is 6.92 Å². The van der Waals surface area contributed by atoms with Crippen LogP contribution in [0.5, 0.6) is 0 Å². The molecule has 126 valence electrons. The summed E-state index contributed by atoms with van der Waals surface area (Å²) in [5.41, 5.74) is 0.207. The molecule has 0 saturated carbocycles. The Hall–Kier alpha value is -0.770. The smallest absolute Gasteiger partial charge is 0.269 e. The molecule has 0 bridgehead atoms. The van der Waals surface area contributed by atoms with E-state index in [1.165, 1.54) is 5.01 Å². The van der Waals surface area contributed by atoms with Crippen molar-refractivity contribution >= 4 is 5.91 Å². The second kappa shape index (κ2) is 9.29. The third-order valence-corrected chi connectivity index (χ3v) is 3.44. The first-order chi connectivity index (χ1) is 9.78. The minimum absolute atomic E-state index is 0.101. The minimum atomic E-state index is -2.26. The Morgan fingerprint density at radius 3 is 2.10 bits per heavy atom. The van der Waals surface area contributed by atoms with Gasteiger partial charge in [0.15, 0.2) is 5.60 Å². The number of hydrazine groups is 1. The second-order valence-electron chi connectivity index (χ2n) is 4.97. The lowest BCUT2D eigenvalue weighted by Gasteiger charge is -2.36. The van der Waals surface area contributed by atoms with Gasteiger partial charge in [-0.15, -0.1) is 0 Å². The topological polar surface area (TPSA) is 133 Å². The Morgan fingerprint density at radius 2 is 1.71 bits per heavy atom. The number of carbonyl (C=O) groups is 1. The molecule has 0 aliphatic carbocycles. The van der Waals surface area contributed by atoms with E-state index >= 15 is 0 Å². The van der Waals surface area contributed by atoms with Crippen LogP contribution in [0.1, 0.15) is 33.6 Å². The van der Waals surface area contributed by atoms with Crippen molar-refractivity contribution in [2.24, 2.45) is 0 Å². The predicted molar refractivity (Wildman–Crippen MR) is 76.0 cm³/mol. The van der Waals surface area contributed by atoms with Crippen LogP contribution in [-0.4, -0.2) is 80.1 Å². The standard InChI is InChI=1S/C13H28N2O6/c1-4-7-13(21,11(19)10(18)9(17)8-16)12(20)14-15(5-2)6-3/h9-11,16-19,21H,4-8H2,1-3H3,(H,14,20)/t9-,10-,11+,13-/m1/s1. The molecule has 0 unspecified atom stereocenters. The van der Waals surface area contributed by atoms with Gasteiger partial charge in [-0.3, -0.25) is 10.2 Å². The van der Waals surface area contributed by atoms with Crippen molar-refractivity contribution < 1.29 is 30.3 Å². The maximum Gasteiger partial charge on any atom is 0.269 e. The molecule has 0 aromatic carbocycles. The molecule has 0 aromatic heterocycles. The average Bonchev–Trinajstić information content (AvgIpc) is 2.49. The summed E-state index contributed by atoms with van der Waals surface area (Å²) in [6.07, 6.45) is -5.13. The van der Waals surface area contributed by atoms with Crippen molar-refractivity contribution in [2.45, 2.75) is 57.5 Å². The van der Waals surface area contributed by atoms with Gasteiger partial charge in [-0.1, -0.05) is 27.2 Å². The molecule has 1 amide bonds. The lowest BCUT2D eigenvalue weighted by molar-refractivity contribution is -0.181. The molecule has 0 aliphatic rings. The van der Waals surface area contributed by atoms with Crippen molar-refractivity contribution in [1.82, 2.24) is 10.4 Å². The average molecular weight is 308 g/mol. The largest absolute Gasteiger partial charge is 0.394 e. The Balaban J connectivity index is 5.16. The van der Waals surface area contributed by atoms with E-state index in [4.69, 9.17) is 5.11 Å². The molecule has 21 heavy (non-hydrogen) atoms.